The lowest BCUT2D eigenvalue weighted by atomic mass is 9.80. The number of alkyl halides is 17. The number of sulfone groups is 1. The van der Waals surface area contributed by atoms with Crippen molar-refractivity contribution in [2.24, 2.45) is 5.92 Å². The van der Waals surface area contributed by atoms with Gasteiger partial charge in [-0.05, 0) is 265 Å². The van der Waals surface area contributed by atoms with E-state index in [1.165, 1.54) is 52.6 Å². The second-order valence-corrected chi connectivity index (χ2v) is 40.6. The van der Waals surface area contributed by atoms with Crippen LogP contribution in [-0.4, -0.2) is 270 Å². The minimum Gasteiger partial charge on any atom is -0.494 e. The summed E-state index contributed by atoms with van der Waals surface area (Å²) in [7, 11) is 3.63. The Kier molecular flexibility index (Phi) is 31.5. The van der Waals surface area contributed by atoms with Crippen LogP contribution in [0.3, 0.4) is 0 Å². The molecule has 0 bridgehead atoms. The molecule has 0 aliphatic carbocycles. The van der Waals surface area contributed by atoms with Crippen molar-refractivity contribution in [3.8, 4) is 17.2 Å². The third-order valence-corrected chi connectivity index (χ3v) is 30.9. The summed E-state index contributed by atoms with van der Waals surface area (Å²) in [4.78, 5) is 90.9. The van der Waals surface area contributed by atoms with Gasteiger partial charge in [-0.3, -0.25) is 53.1 Å². The van der Waals surface area contributed by atoms with E-state index >= 15 is 0 Å². The number of likely N-dealkylation sites (N-methyl/N-ethyl adjacent to an activating group) is 4. The summed E-state index contributed by atoms with van der Waals surface area (Å²) in [5.74, 6) is -7.78. The molecule has 8 aliphatic rings. The molecular weight excluding hydrogens is 1940 g/mol. The predicted octanol–water partition coefficient (Wildman–Crippen LogP) is 18.4. The summed E-state index contributed by atoms with van der Waals surface area (Å²) < 4.78 is 271. The van der Waals surface area contributed by atoms with Crippen LogP contribution in [0.5, 0.6) is 17.2 Å². The lowest BCUT2D eigenvalue weighted by Crippen LogP contribution is -2.59. The molecule has 4 spiro atoms. The van der Waals surface area contributed by atoms with Gasteiger partial charge in [0.15, 0.2) is 11.5 Å². The molecule has 44 heteroatoms. The molecule has 4 saturated heterocycles. The number of nitrogens with zero attached hydrogens (tertiary/aromatic N) is 12. The van der Waals surface area contributed by atoms with E-state index in [-0.39, 0.29) is 92.3 Å². The Morgan fingerprint density at radius 1 is 0.465 bits per heavy atom. The van der Waals surface area contributed by atoms with Crippen molar-refractivity contribution in [2.75, 3.05) is 127 Å². The monoisotopic (exact) mass is 2060 g/mol. The van der Waals surface area contributed by atoms with E-state index in [9.17, 15) is 117 Å². The molecule has 8 aromatic rings. The Morgan fingerprint density at radius 3 is 1.37 bits per heavy atom. The van der Waals surface area contributed by atoms with Crippen LogP contribution in [0.1, 0.15) is 209 Å². The van der Waals surface area contributed by atoms with Crippen molar-refractivity contribution in [3.63, 3.8) is 0 Å². The number of carbonyl (C=O) groups is 6. The number of halogens is 18. The second-order valence-electron chi connectivity index (χ2n) is 38.3. The molecule has 25 nitrogen and oxygen atoms in total. The maximum atomic E-state index is 14.2. The topological polar surface area (TPSA) is 239 Å². The third kappa shape index (κ3) is 21.7. The lowest BCUT2D eigenvalue weighted by molar-refractivity contribution is -0.325. The van der Waals surface area contributed by atoms with Gasteiger partial charge in [-0.15, -0.1) is 13.2 Å². The number of benzene rings is 4. The number of ketones is 2. The molecule has 4 amide bonds. The number of hydrogen-bond donors (Lipinski definition) is 1. The Labute approximate surface area is 816 Å². The maximum absolute atomic E-state index is 14.2. The van der Waals surface area contributed by atoms with Gasteiger partial charge < -0.3 is 57.2 Å². The highest BCUT2D eigenvalue weighted by Crippen LogP contribution is 2.52. The fourth-order valence-corrected chi connectivity index (χ4v) is 22.1. The van der Waals surface area contributed by atoms with E-state index in [0.29, 0.717) is 137 Å². The number of aryl methyl sites for hydroxylation is 1. The molecule has 1 unspecified atom stereocenters. The Morgan fingerprint density at radius 2 is 0.894 bits per heavy atom. The van der Waals surface area contributed by atoms with E-state index in [2.05, 4.69) is 46.1 Å². The van der Waals surface area contributed by atoms with Gasteiger partial charge >= 0.3 is 36.3 Å². The van der Waals surface area contributed by atoms with Crippen LogP contribution in [0.2, 0.25) is 5.15 Å². The van der Waals surface area contributed by atoms with Crippen LogP contribution in [0.25, 0.3) is 0 Å². The number of rotatable bonds is 18. The highest BCUT2D eigenvalue weighted by atomic mass is 35.5. The molecular formula is C98H116ClF17N12O13S. The zero-order valence-corrected chi connectivity index (χ0v) is 81.8. The average molecular weight is 2060 g/mol. The molecule has 778 valence electrons. The van der Waals surface area contributed by atoms with Gasteiger partial charge in [0.2, 0.25) is 0 Å². The van der Waals surface area contributed by atoms with Gasteiger partial charge in [0.25, 0.3) is 45.0 Å². The Bertz CT molecular complexity index is 6040. The molecule has 4 aromatic heterocycles. The van der Waals surface area contributed by atoms with E-state index < -0.39 is 109 Å². The average Bonchev–Trinajstić information content (AvgIpc) is 1.62. The number of aromatic nitrogens is 4. The molecule has 16 rings (SSSR count). The van der Waals surface area contributed by atoms with Crippen LogP contribution in [0.4, 0.5) is 74.6 Å². The summed E-state index contributed by atoms with van der Waals surface area (Å²) >= 11 is 6.37. The first kappa shape index (κ1) is 109. The summed E-state index contributed by atoms with van der Waals surface area (Å²) in [6.07, 6.45) is -15.1. The SMILES string of the molecule is CC(C)CCOc1ccc(C(=O)N2CCC3(CC2)c2ccc(C(=O)C(F)(F)F)n2C(C)CN3C)cc1.COc1cc(C(=O)N2CCC3(CC2)c2ccc(Cl)n2CCN3C)ccc1OCCOC(F)(F)F.C[C@H]1Cn2c(C(=O)C(F)(F)F)ccc2C2(CCN(C(=O)c3ccc(S(=O)(=O)C(F)(F)F)cc3)CC2)N1C.Cc1cc(C(=O)N2CCC3(CC2)c2ccc(C(F)(F)C(F)(F)F)n2CCN3C)ccc1C(C)(C)O.[HH]. The minimum atomic E-state index is -5.67. The van der Waals surface area contributed by atoms with Crippen molar-refractivity contribution in [3.05, 3.63) is 212 Å². The fourth-order valence-electron chi connectivity index (χ4n) is 21.1. The van der Waals surface area contributed by atoms with E-state index in [1.54, 1.807) is 88.9 Å². The van der Waals surface area contributed by atoms with Gasteiger partial charge in [-0.25, -0.2) is 8.42 Å². The largest absolute Gasteiger partial charge is 0.522 e. The molecule has 0 saturated carbocycles. The zero-order valence-electron chi connectivity index (χ0n) is 80.2. The number of methoxy groups -OCH3 is 1. The maximum Gasteiger partial charge on any atom is 0.522 e. The van der Waals surface area contributed by atoms with Crippen LogP contribution in [0, 0.1) is 12.8 Å². The van der Waals surface area contributed by atoms with E-state index in [1.807, 2.05) is 62.7 Å². The molecule has 4 aromatic carbocycles. The summed E-state index contributed by atoms with van der Waals surface area (Å²) in [6, 6.07) is 31.9. The minimum absolute atomic E-state index is 0. The number of Topliss-reactive ketones (excluding diaryl/α,β-unsaturated/α-hetero) is 2. The standard InChI is InChI=1S/C27H34F3N3O3.C25H30F5N3O2.C23H27ClF3N3O4.C23H23F6N3O4S.H2/c1-18(2)11-16-36-21-7-5-20(6-8-21)25(35)32-14-12-26(13-15-32)23-10-9-22(24(34)27(28,29)30)33(23)19(3)17-31(26)4;1-16-15-17(5-6-18(16)22(2,3)35)21(34)32-11-9-23(10-12-32)19-7-8-20(24(26,27)25(28,29)30)33(19)14-13-31(23)4;1-28-11-12-30-19(5-6-20(30)24)22(28)7-9-29(10-8-22)21(31)16-3-4-17(18(15-16)32-2)33-13-14-34-23(25,26)27;1-14-13-32-17(19(33)22(24,25)26)7-8-18(32)21(30(14)2)9-11-31(12-10-21)20(34)15-3-5-16(6-4-15)37(35,36)23(27,28)29;/h5-10,18-19H,11-17H2,1-4H3;5-8,15,35H,9-14H2,1-4H3;3-6,15H,7-14H2,1-2H3;3-8,14H,9-13H2,1-2H3;1H/t;;;14-;/m...0./s1. The molecule has 8 aliphatic heterocycles. The Balaban J connectivity index is 0.000000170. The smallest absolute Gasteiger partial charge is 0.494 e. The van der Waals surface area contributed by atoms with Gasteiger partial charge in [-0.1, -0.05) is 31.5 Å². The molecule has 12 heterocycles. The normalized spacial score (nSPS) is 19.5. The highest BCUT2D eigenvalue weighted by molar-refractivity contribution is 7.92. The Hall–Kier alpha value is -10.6. The van der Waals surface area contributed by atoms with Crippen LogP contribution >= 0.6 is 11.6 Å². The van der Waals surface area contributed by atoms with Crippen molar-refractivity contribution >= 4 is 56.6 Å². The number of likely N-dealkylation sites (tertiary alicyclic amines) is 4. The van der Waals surface area contributed by atoms with Gasteiger partial charge in [-0.2, -0.15) is 61.5 Å². The first-order valence-electron chi connectivity index (χ1n) is 46.4. The number of ether oxygens (including phenoxy) is 4. The van der Waals surface area contributed by atoms with E-state index in [4.69, 9.17) is 25.8 Å². The summed E-state index contributed by atoms with van der Waals surface area (Å²) in [5, 5.41) is 11.0. The number of piperidine rings is 4. The molecule has 0 radical (unpaired) electrons. The van der Waals surface area contributed by atoms with Crippen molar-refractivity contribution in [1.29, 1.82) is 0 Å². The van der Waals surface area contributed by atoms with Crippen LogP contribution in [0.15, 0.2) is 138 Å². The van der Waals surface area contributed by atoms with Gasteiger partial charge in [0.05, 0.1) is 70.1 Å². The quantitative estimate of drug-likeness (QED) is 0.0477. The van der Waals surface area contributed by atoms with Crippen molar-refractivity contribution in [2.45, 2.75) is 207 Å². The zero-order chi connectivity index (χ0) is 104. The highest BCUT2D eigenvalue weighted by Gasteiger charge is 2.62. The van der Waals surface area contributed by atoms with Crippen LogP contribution < -0.4 is 14.2 Å². The van der Waals surface area contributed by atoms with E-state index in [0.717, 1.165) is 89.3 Å². The fraction of sp³-hybridized carbons (Fsp3) is 0.531. The molecule has 4 fully saturated rings. The number of hydrogen-bond acceptors (Lipinski definition) is 17. The van der Waals surface area contributed by atoms with Gasteiger partial charge in [0.1, 0.15) is 17.5 Å². The summed E-state index contributed by atoms with van der Waals surface area (Å²) in [5.41, 5.74) is -4.53. The molecule has 142 heavy (non-hydrogen) atoms. The first-order valence-corrected chi connectivity index (χ1v) is 48.2. The number of aliphatic hydroxyl groups is 1. The third-order valence-electron chi connectivity index (χ3n) is 29.1. The van der Waals surface area contributed by atoms with Crippen molar-refractivity contribution < 1.29 is 137 Å². The molecule has 1 N–H and O–H groups in total. The van der Waals surface area contributed by atoms with Crippen molar-refractivity contribution in [1.82, 2.24) is 57.5 Å². The summed E-state index contributed by atoms with van der Waals surface area (Å²) in [6.45, 7) is 18.8. The van der Waals surface area contributed by atoms with Crippen LogP contribution in [-0.2, 0) is 67.9 Å². The second kappa shape index (κ2) is 41.1. The lowest BCUT2D eigenvalue weighted by Gasteiger charge is -2.53. The first-order chi connectivity index (χ1) is 66.2. The number of amides is 4. The predicted molar refractivity (Wildman–Crippen MR) is 491 cm³/mol. The number of carbonyl (C=O) groups excluding carboxylic acids is 6. The van der Waals surface area contributed by atoms with Gasteiger partial charge in [0, 0.05) is 150 Å². The number of fused-ring (bicyclic) bond motifs is 8. The molecule has 2 atom stereocenters.